The first-order chi connectivity index (χ1) is 16.3. The quantitative estimate of drug-likeness (QED) is 0.509. The molecule has 0 radical (unpaired) electrons. The number of rotatable bonds is 3. The van der Waals surface area contributed by atoms with Gasteiger partial charge in [0.25, 0.3) is 0 Å². The van der Waals surface area contributed by atoms with Crippen molar-refractivity contribution in [3.05, 3.63) is 53.6 Å². The van der Waals surface area contributed by atoms with Crippen molar-refractivity contribution in [3.63, 3.8) is 0 Å². The van der Waals surface area contributed by atoms with Crippen LogP contribution in [-0.4, -0.2) is 55.1 Å². The minimum atomic E-state index is -4.35. The van der Waals surface area contributed by atoms with Gasteiger partial charge in [-0.3, -0.25) is 4.79 Å². The number of carbonyl (C=O) groups excluding carboxylic acids is 1. The van der Waals surface area contributed by atoms with Crippen LogP contribution in [0.15, 0.2) is 42.5 Å². The van der Waals surface area contributed by atoms with Gasteiger partial charge < -0.3 is 14.7 Å². The molecule has 3 heterocycles. The first kappa shape index (κ1) is 23.0. The molecule has 2 aromatic carbocycles. The summed E-state index contributed by atoms with van der Waals surface area (Å²) in [6.45, 7) is 5.83. The van der Waals surface area contributed by atoms with Crippen LogP contribution < -0.4 is 9.80 Å². The Morgan fingerprint density at radius 2 is 1.71 bits per heavy atom. The number of thiazole rings is 1. The van der Waals surface area contributed by atoms with Gasteiger partial charge in [0.15, 0.2) is 5.13 Å². The Bertz CT molecular complexity index is 1180. The Morgan fingerprint density at radius 1 is 0.971 bits per heavy atom. The summed E-state index contributed by atoms with van der Waals surface area (Å²) in [5.41, 5.74) is 2.15. The highest BCUT2D eigenvalue weighted by molar-refractivity contribution is 7.22. The summed E-state index contributed by atoms with van der Waals surface area (Å²) in [6.07, 6.45) is -2.77. The monoisotopic (exact) mass is 488 g/mol. The maximum absolute atomic E-state index is 13.1. The first-order valence-corrected chi connectivity index (χ1v) is 12.4. The number of alkyl halides is 3. The summed E-state index contributed by atoms with van der Waals surface area (Å²) in [5.74, 6) is 0.163. The molecule has 2 aliphatic rings. The van der Waals surface area contributed by atoms with Gasteiger partial charge in [0.2, 0.25) is 5.91 Å². The van der Waals surface area contributed by atoms with Gasteiger partial charge in [-0.2, -0.15) is 13.2 Å². The molecule has 1 aromatic heterocycles. The predicted molar refractivity (Wildman–Crippen MR) is 130 cm³/mol. The molecule has 2 fully saturated rings. The lowest BCUT2D eigenvalue weighted by molar-refractivity contribution is -0.137. The van der Waals surface area contributed by atoms with Crippen molar-refractivity contribution in [2.75, 3.05) is 49.1 Å². The molecule has 0 saturated carbocycles. The van der Waals surface area contributed by atoms with Crippen molar-refractivity contribution < 1.29 is 18.0 Å². The first-order valence-electron chi connectivity index (χ1n) is 11.6. The van der Waals surface area contributed by atoms with E-state index in [1.54, 1.807) is 17.4 Å². The largest absolute Gasteiger partial charge is 0.416 e. The number of aromatic nitrogens is 1. The fourth-order valence-electron chi connectivity index (χ4n) is 4.79. The van der Waals surface area contributed by atoms with E-state index in [-0.39, 0.29) is 11.8 Å². The molecule has 5 rings (SSSR count). The molecule has 0 aliphatic carbocycles. The molecule has 5 nitrogen and oxygen atoms in total. The van der Waals surface area contributed by atoms with Crippen molar-refractivity contribution in [1.82, 2.24) is 9.88 Å². The zero-order valence-electron chi connectivity index (χ0n) is 19.0. The number of hydrogen-bond acceptors (Lipinski definition) is 5. The van der Waals surface area contributed by atoms with Gasteiger partial charge in [0.1, 0.15) is 0 Å². The van der Waals surface area contributed by atoms with E-state index >= 15 is 0 Å². The smallest absolute Gasteiger partial charge is 0.368 e. The summed E-state index contributed by atoms with van der Waals surface area (Å²) in [4.78, 5) is 24.0. The molecule has 0 atom stereocenters. The number of carbonyl (C=O) groups is 1. The van der Waals surface area contributed by atoms with Gasteiger partial charge in [-0.15, -0.1) is 0 Å². The van der Waals surface area contributed by atoms with Crippen LogP contribution in [-0.2, 0) is 11.0 Å². The van der Waals surface area contributed by atoms with Crippen LogP contribution >= 0.6 is 11.3 Å². The summed E-state index contributed by atoms with van der Waals surface area (Å²) < 4.78 is 40.3. The van der Waals surface area contributed by atoms with Gasteiger partial charge in [-0.05, 0) is 55.7 Å². The maximum atomic E-state index is 13.1. The number of halogens is 3. The molecule has 2 saturated heterocycles. The number of anilines is 2. The summed E-state index contributed by atoms with van der Waals surface area (Å²) in [6, 6.07) is 11.7. The molecule has 3 aromatic rings. The highest BCUT2D eigenvalue weighted by Crippen LogP contribution is 2.34. The number of piperidine rings is 1. The Kier molecular flexibility index (Phi) is 6.14. The number of amides is 1. The molecule has 0 bridgehead atoms. The van der Waals surface area contributed by atoms with E-state index in [1.165, 1.54) is 22.4 Å². The topological polar surface area (TPSA) is 39.7 Å². The highest BCUT2D eigenvalue weighted by atomic mass is 32.1. The molecule has 2 aliphatic heterocycles. The van der Waals surface area contributed by atoms with Gasteiger partial charge in [0, 0.05) is 50.9 Å². The van der Waals surface area contributed by atoms with Crippen LogP contribution in [0, 0.1) is 12.8 Å². The van der Waals surface area contributed by atoms with Crippen LogP contribution in [0.4, 0.5) is 24.0 Å². The SMILES string of the molecule is Cc1ccc2nc(N3CCC(C(=O)N4CCN(c5cccc(C(F)(F)F)c5)CC4)CC3)sc2c1. The summed E-state index contributed by atoms with van der Waals surface area (Å²) in [7, 11) is 0. The number of fused-ring (bicyclic) bond motifs is 1. The fraction of sp³-hybridized carbons (Fsp3) is 0.440. The predicted octanol–water partition coefficient (Wildman–Crippen LogP) is 5.19. The van der Waals surface area contributed by atoms with Crippen LogP contribution in [0.3, 0.4) is 0 Å². The van der Waals surface area contributed by atoms with E-state index in [0.717, 1.165) is 42.6 Å². The van der Waals surface area contributed by atoms with Crippen molar-refractivity contribution in [2.45, 2.75) is 25.9 Å². The zero-order chi connectivity index (χ0) is 23.9. The molecule has 0 N–H and O–H groups in total. The average Bonchev–Trinajstić information content (AvgIpc) is 3.27. The number of piperazine rings is 1. The van der Waals surface area contributed by atoms with Crippen LogP contribution in [0.25, 0.3) is 10.2 Å². The number of aryl methyl sites for hydroxylation is 1. The van der Waals surface area contributed by atoms with Crippen molar-refractivity contribution in [2.24, 2.45) is 5.92 Å². The Hall–Kier alpha value is -2.81. The van der Waals surface area contributed by atoms with E-state index in [9.17, 15) is 18.0 Å². The molecule has 1 amide bonds. The van der Waals surface area contributed by atoms with Gasteiger partial charge >= 0.3 is 6.18 Å². The third-order valence-electron chi connectivity index (χ3n) is 6.78. The molecular formula is C25H27F3N4OS. The van der Waals surface area contributed by atoms with Crippen LogP contribution in [0.1, 0.15) is 24.0 Å². The summed E-state index contributed by atoms with van der Waals surface area (Å²) >= 11 is 1.70. The van der Waals surface area contributed by atoms with Crippen molar-refractivity contribution in [3.8, 4) is 0 Å². The van der Waals surface area contributed by atoms with E-state index in [0.29, 0.717) is 31.9 Å². The second-order valence-corrected chi connectivity index (χ2v) is 10.1. The number of benzene rings is 2. The molecule has 9 heteroatoms. The number of hydrogen-bond donors (Lipinski definition) is 0. The van der Waals surface area contributed by atoms with Gasteiger partial charge in [0.05, 0.1) is 15.8 Å². The van der Waals surface area contributed by atoms with E-state index in [1.807, 2.05) is 9.80 Å². The van der Waals surface area contributed by atoms with Crippen LogP contribution in [0.2, 0.25) is 0 Å². The lowest BCUT2D eigenvalue weighted by atomic mass is 9.95. The lowest BCUT2D eigenvalue weighted by Crippen LogP contribution is -2.51. The molecule has 34 heavy (non-hydrogen) atoms. The molecule has 0 unspecified atom stereocenters. The third kappa shape index (κ3) is 4.71. The molecular weight excluding hydrogens is 461 g/mol. The second kappa shape index (κ2) is 9.09. The van der Waals surface area contributed by atoms with E-state index in [4.69, 9.17) is 4.98 Å². The van der Waals surface area contributed by atoms with Crippen LogP contribution in [0.5, 0.6) is 0 Å². The molecule has 0 spiro atoms. The number of nitrogens with zero attached hydrogens (tertiary/aromatic N) is 4. The van der Waals surface area contributed by atoms with Gasteiger partial charge in [-0.1, -0.05) is 23.5 Å². The minimum Gasteiger partial charge on any atom is -0.368 e. The Balaban J connectivity index is 1.15. The normalized spacial score (nSPS) is 18.1. The van der Waals surface area contributed by atoms with E-state index in [2.05, 4.69) is 30.0 Å². The Morgan fingerprint density at radius 3 is 2.41 bits per heavy atom. The minimum absolute atomic E-state index is 0.00650. The zero-order valence-corrected chi connectivity index (χ0v) is 19.8. The molecule has 180 valence electrons. The van der Waals surface area contributed by atoms with Crippen molar-refractivity contribution >= 4 is 38.3 Å². The average molecular weight is 489 g/mol. The highest BCUT2D eigenvalue weighted by Gasteiger charge is 2.33. The fourth-order valence-corrected chi connectivity index (χ4v) is 5.91. The second-order valence-electron chi connectivity index (χ2n) is 9.09. The Labute approximate surface area is 200 Å². The van der Waals surface area contributed by atoms with E-state index < -0.39 is 11.7 Å². The van der Waals surface area contributed by atoms with Crippen molar-refractivity contribution in [1.29, 1.82) is 0 Å². The third-order valence-corrected chi connectivity index (χ3v) is 7.86. The van der Waals surface area contributed by atoms with Gasteiger partial charge in [-0.25, -0.2) is 4.98 Å². The standard InChI is InChI=1S/C25H27F3N4OS/c1-17-5-6-21-22(15-17)34-24(29-21)32-9-7-18(8-10-32)23(33)31-13-11-30(12-14-31)20-4-2-3-19(16-20)25(26,27)28/h2-6,15-16,18H,7-14H2,1H3. The lowest BCUT2D eigenvalue weighted by Gasteiger charge is -2.39. The summed E-state index contributed by atoms with van der Waals surface area (Å²) in [5, 5.41) is 1.02. The maximum Gasteiger partial charge on any atom is 0.416 e.